The summed E-state index contributed by atoms with van der Waals surface area (Å²) in [5.74, 6) is 0.882. The van der Waals surface area contributed by atoms with Crippen molar-refractivity contribution in [2.24, 2.45) is 0 Å². The topological polar surface area (TPSA) is 91.6 Å². The van der Waals surface area contributed by atoms with E-state index in [9.17, 15) is 8.42 Å². The minimum atomic E-state index is -3.54. The number of benzene rings is 2. The van der Waals surface area contributed by atoms with Gasteiger partial charge in [0.2, 0.25) is 15.8 Å². The molecule has 8 nitrogen and oxygen atoms in total. The number of nitrogens with one attached hydrogen (secondary N) is 1. The molecule has 0 atom stereocenters. The predicted octanol–water partition coefficient (Wildman–Crippen LogP) is 3.76. The highest BCUT2D eigenvalue weighted by atomic mass is 32.2. The second kappa shape index (κ2) is 11.0. The molecule has 2 aliphatic heterocycles. The van der Waals surface area contributed by atoms with Gasteiger partial charge in [-0.2, -0.15) is 4.98 Å². The normalized spacial score (nSPS) is 17.4. The molecule has 2 saturated heterocycles. The number of sulfonamides is 1. The van der Waals surface area contributed by atoms with E-state index in [2.05, 4.69) is 36.8 Å². The molecule has 0 spiro atoms. The lowest BCUT2D eigenvalue weighted by Crippen LogP contribution is -2.28. The fraction of sp³-hybridized carbons (Fsp3) is 0.462. The van der Waals surface area contributed by atoms with E-state index in [1.165, 1.54) is 44.3 Å². The van der Waals surface area contributed by atoms with Gasteiger partial charge < -0.3 is 9.42 Å². The monoisotopic (exact) mass is 495 g/mol. The minimum absolute atomic E-state index is 0.232. The number of nitrogens with zero attached hydrogens (tertiary/aromatic N) is 4. The third-order valence-electron chi connectivity index (χ3n) is 6.80. The summed E-state index contributed by atoms with van der Waals surface area (Å²) in [5, 5.41) is 4.12. The van der Waals surface area contributed by atoms with E-state index < -0.39 is 10.0 Å². The summed E-state index contributed by atoms with van der Waals surface area (Å²) in [6.45, 7) is 6.92. The molecule has 2 fully saturated rings. The fourth-order valence-corrected chi connectivity index (χ4v) is 5.87. The van der Waals surface area contributed by atoms with Gasteiger partial charge in [-0.15, -0.1) is 0 Å². The van der Waals surface area contributed by atoms with Gasteiger partial charge in [0.05, 0.1) is 4.90 Å². The highest BCUT2D eigenvalue weighted by Gasteiger charge is 2.17. The molecule has 0 saturated carbocycles. The summed E-state index contributed by atoms with van der Waals surface area (Å²) >= 11 is 0. The van der Waals surface area contributed by atoms with Gasteiger partial charge in [-0.1, -0.05) is 29.4 Å². The molecule has 3 heterocycles. The van der Waals surface area contributed by atoms with Gasteiger partial charge in [0.1, 0.15) is 0 Å². The molecule has 186 valence electrons. The first-order valence-corrected chi connectivity index (χ1v) is 14.0. The molecule has 2 aliphatic rings. The van der Waals surface area contributed by atoms with Gasteiger partial charge in [0.15, 0.2) is 0 Å². The number of rotatable bonds is 10. The summed E-state index contributed by atoms with van der Waals surface area (Å²) in [6, 6.07) is 14.8. The first-order chi connectivity index (χ1) is 17.1. The average molecular weight is 496 g/mol. The Hall–Kier alpha value is -2.59. The van der Waals surface area contributed by atoms with Crippen LogP contribution in [0.4, 0.5) is 0 Å². The number of aromatic nitrogens is 2. The molecule has 0 amide bonds. The van der Waals surface area contributed by atoms with Crippen LogP contribution in [0, 0.1) is 0 Å². The van der Waals surface area contributed by atoms with Crippen LogP contribution in [-0.4, -0.2) is 67.6 Å². The molecular formula is C26H33N5O3S. The largest absolute Gasteiger partial charge is 0.334 e. The Morgan fingerprint density at radius 2 is 1.46 bits per heavy atom. The van der Waals surface area contributed by atoms with E-state index in [4.69, 9.17) is 4.52 Å². The summed E-state index contributed by atoms with van der Waals surface area (Å²) in [4.78, 5) is 9.60. The standard InChI is InChI=1S/C26H33N5O3S/c32-35(33,27-14-5-19-30-15-1-2-16-30)24-12-10-23(11-13-24)26-28-25(29-34-26)22-8-6-21(7-9-22)20-31-17-3-4-18-31/h6-13,27H,1-5,14-20H2. The smallest absolute Gasteiger partial charge is 0.258 e. The lowest BCUT2D eigenvalue weighted by Gasteiger charge is -2.14. The maximum Gasteiger partial charge on any atom is 0.258 e. The summed E-state index contributed by atoms with van der Waals surface area (Å²) in [6.07, 6.45) is 5.86. The van der Waals surface area contributed by atoms with Crippen LogP contribution >= 0.6 is 0 Å². The Morgan fingerprint density at radius 3 is 2.14 bits per heavy atom. The van der Waals surface area contributed by atoms with Gasteiger partial charge >= 0.3 is 0 Å². The quantitative estimate of drug-likeness (QED) is 0.428. The number of hydrogen-bond donors (Lipinski definition) is 1. The van der Waals surface area contributed by atoms with Crippen LogP contribution in [0.3, 0.4) is 0 Å². The molecule has 35 heavy (non-hydrogen) atoms. The van der Waals surface area contributed by atoms with Gasteiger partial charge in [-0.05, 0) is 94.7 Å². The van der Waals surface area contributed by atoms with Crippen molar-refractivity contribution in [3.05, 3.63) is 54.1 Å². The zero-order valence-corrected chi connectivity index (χ0v) is 20.8. The maximum atomic E-state index is 12.6. The second-order valence-electron chi connectivity index (χ2n) is 9.43. The second-order valence-corrected chi connectivity index (χ2v) is 11.2. The zero-order chi connectivity index (χ0) is 24.1. The van der Waals surface area contributed by atoms with Crippen LogP contribution in [0.15, 0.2) is 57.9 Å². The van der Waals surface area contributed by atoms with Crippen molar-refractivity contribution in [2.45, 2.75) is 43.5 Å². The molecule has 0 radical (unpaired) electrons. The molecule has 0 unspecified atom stereocenters. The van der Waals surface area contributed by atoms with E-state index in [1.807, 2.05) is 12.1 Å². The maximum absolute atomic E-state index is 12.6. The van der Waals surface area contributed by atoms with Crippen LogP contribution in [0.2, 0.25) is 0 Å². The molecule has 0 bridgehead atoms. The van der Waals surface area contributed by atoms with Gasteiger partial charge in [-0.25, -0.2) is 13.1 Å². The Bertz CT molecular complexity index is 1200. The average Bonchev–Trinajstić information content (AvgIpc) is 3.66. The van der Waals surface area contributed by atoms with E-state index in [0.717, 1.165) is 38.2 Å². The molecule has 1 N–H and O–H groups in total. The van der Waals surface area contributed by atoms with E-state index in [0.29, 0.717) is 23.8 Å². The van der Waals surface area contributed by atoms with Crippen LogP contribution in [0.25, 0.3) is 22.8 Å². The Morgan fingerprint density at radius 1 is 0.829 bits per heavy atom. The van der Waals surface area contributed by atoms with Crippen molar-refractivity contribution in [3.63, 3.8) is 0 Å². The summed E-state index contributed by atoms with van der Waals surface area (Å²) in [5.41, 5.74) is 2.85. The van der Waals surface area contributed by atoms with Gasteiger partial charge in [0.25, 0.3) is 5.89 Å². The highest BCUT2D eigenvalue weighted by molar-refractivity contribution is 7.89. The molecule has 3 aromatic rings. The zero-order valence-electron chi connectivity index (χ0n) is 20.0. The third-order valence-corrected chi connectivity index (χ3v) is 8.27. The Kier molecular flexibility index (Phi) is 7.57. The molecule has 9 heteroatoms. The first-order valence-electron chi connectivity index (χ1n) is 12.5. The van der Waals surface area contributed by atoms with Crippen molar-refractivity contribution in [1.29, 1.82) is 0 Å². The molecule has 5 rings (SSSR count). The first kappa shape index (κ1) is 24.1. The van der Waals surface area contributed by atoms with E-state index >= 15 is 0 Å². The van der Waals surface area contributed by atoms with Crippen LogP contribution in [0.5, 0.6) is 0 Å². The minimum Gasteiger partial charge on any atom is -0.334 e. The Labute approximate surface area is 207 Å². The SMILES string of the molecule is O=S(=O)(NCCCN1CCCC1)c1ccc(-c2nc(-c3ccc(CN4CCCC4)cc3)no2)cc1. The van der Waals surface area contributed by atoms with Crippen molar-refractivity contribution in [2.75, 3.05) is 39.3 Å². The molecule has 2 aromatic carbocycles. The lowest BCUT2D eigenvalue weighted by molar-refractivity contribution is 0.331. The number of hydrogen-bond acceptors (Lipinski definition) is 7. The fourth-order valence-electron chi connectivity index (χ4n) is 4.79. The number of likely N-dealkylation sites (tertiary alicyclic amines) is 2. The van der Waals surface area contributed by atoms with Gasteiger partial charge in [0, 0.05) is 24.2 Å². The summed E-state index contributed by atoms with van der Waals surface area (Å²) < 4.78 is 33.4. The van der Waals surface area contributed by atoms with Crippen molar-refractivity contribution >= 4 is 10.0 Å². The van der Waals surface area contributed by atoms with Crippen LogP contribution in [0.1, 0.15) is 37.7 Å². The van der Waals surface area contributed by atoms with Crippen molar-refractivity contribution < 1.29 is 12.9 Å². The van der Waals surface area contributed by atoms with Crippen LogP contribution in [-0.2, 0) is 16.6 Å². The van der Waals surface area contributed by atoms with Crippen molar-refractivity contribution in [1.82, 2.24) is 24.7 Å². The van der Waals surface area contributed by atoms with Gasteiger partial charge in [-0.3, -0.25) is 4.90 Å². The van der Waals surface area contributed by atoms with E-state index in [-0.39, 0.29) is 4.90 Å². The molecule has 1 aromatic heterocycles. The highest BCUT2D eigenvalue weighted by Crippen LogP contribution is 2.24. The lowest BCUT2D eigenvalue weighted by atomic mass is 10.1. The summed E-state index contributed by atoms with van der Waals surface area (Å²) in [7, 11) is -3.54. The molecule has 0 aliphatic carbocycles. The van der Waals surface area contributed by atoms with Crippen LogP contribution < -0.4 is 4.72 Å². The van der Waals surface area contributed by atoms with E-state index in [1.54, 1.807) is 24.3 Å². The van der Waals surface area contributed by atoms with Crippen molar-refractivity contribution in [3.8, 4) is 22.8 Å². The third kappa shape index (κ3) is 6.16. The Balaban J connectivity index is 1.17. The predicted molar refractivity (Wildman–Crippen MR) is 135 cm³/mol. The molecular weight excluding hydrogens is 462 g/mol.